The number of primary amides is 1. The summed E-state index contributed by atoms with van der Waals surface area (Å²) in [6, 6.07) is 5.93. The Hall–Kier alpha value is -2.04. The summed E-state index contributed by atoms with van der Waals surface area (Å²) in [5.41, 5.74) is 5.29. The SMILES string of the molecule is NC(=O)Oc1ccc([CH]C(=O)O)cc1. The van der Waals surface area contributed by atoms with Crippen LogP contribution in [0, 0.1) is 6.42 Å². The number of carbonyl (C=O) groups excluding carboxylic acids is 1. The van der Waals surface area contributed by atoms with E-state index in [4.69, 9.17) is 10.8 Å². The number of carboxylic acid groups (broad SMARTS) is 1. The molecule has 5 nitrogen and oxygen atoms in total. The molecule has 0 atom stereocenters. The zero-order valence-electron chi connectivity index (χ0n) is 7.14. The average Bonchev–Trinajstić information content (AvgIpc) is 2.06. The molecule has 5 heteroatoms. The molecule has 1 rings (SSSR count). The molecule has 0 unspecified atom stereocenters. The van der Waals surface area contributed by atoms with Crippen molar-refractivity contribution in [2.45, 2.75) is 0 Å². The zero-order chi connectivity index (χ0) is 10.6. The average molecular weight is 194 g/mol. The molecular weight excluding hydrogens is 186 g/mol. The van der Waals surface area contributed by atoms with Crippen LogP contribution in [0.1, 0.15) is 5.56 Å². The summed E-state index contributed by atoms with van der Waals surface area (Å²) >= 11 is 0. The van der Waals surface area contributed by atoms with Crippen molar-refractivity contribution in [3.8, 4) is 5.75 Å². The molecule has 1 radical (unpaired) electrons. The summed E-state index contributed by atoms with van der Waals surface area (Å²) in [6.07, 6.45) is 0.133. The zero-order valence-corrected chi connectivity index (χ0v) is 7.14. The van der Waals surface area contributed by atoms with Gasteiger partial charge >= 0.3 is 12.1 Å². The van der Waals surface area contributed by atoms with Gasteiger partial charge in [-0.2, -0.15) is 0 Å². The van der Waals surface area contributed by atoms with E-state index in [9.17, 15) is 9.59 Å². The first kappa shape index (κ1) is 10.0. The maximum Gasteiger partial charge on any atom is 0.409 e. The molecule has 0 bridgehead atoms. The second-order valence-corrected chi connectivity index (χ2v) is 2.47. The summed E-state index contributed by atoms with van der Waals surface area (Å²) in [7, 11) is 0. The van der Waals surface area contributed by atoms with Gasteiger partial charge in [0.1, 0.15) is 5.75 Å². The van der Waals surface area contributed by atoms with Crippen LogP contribution in [0.2, 0.25) is 0 Å². The third-order valence-electron chi connectivity index (χ3n) is 1.39. The van der Waals surface area contributed by atoms with E-state index in [1.165, 1.54) is 24.3 Å². The molecule has 1 aromatic rings. The predicted octanol–water partition coefficient (Wildman–Crippen LogP) is 0.781. The third kappa shape index (κ3) is 3.14. The van der Waals surface area contributed by atoms with Crippen molar-refractivity contribution in [2.75, 3.05) is 0 Å². The van der Waals surface area contributed by atoms with Crippen molar-refractivity contribution in [3.63, 3.8) is 0 Å². The topological polar surface area (TPSA) is 89.6 Å². The molecule has 3 N–H and O–H groups in total. The smallest absolute Gasteiger partial charge is 0.409 e. The highest BCUT2D eigenvalue weighted by Crippen LogP contribution is 2.13. The van der Waals surface area contributed by atoms with Crippen LogP contribution in [0.3, 0.4) is 0 Å². The minimum absolute atomic E-state index is 0.278. The minimum atomic E-state index is -1.03. The number of aliphatic carboxylic acids is 1. The molecule has 0 saturated heterocycles. The first-order valence-corrected chi connectivity index (χ1v) is 3.73. The lowest BCUT2D eigenvalue weighted by Gasteiger charge is -2.01. The number of benzene rings is 1. The molecule has 0 aliphatic heterocycles. The lowest BCUT2D eigenvalue weighted by molar-refractivity contribution is -0.132. The Morgan fingerprint density at radius 1 is 1.29 bits per heavy atom. The van der Waals surface area contributed by atoms with Crippen molar-refractivity contribution in [2.24, 2.45) is 5.73 Å². The highest BCUT2D eigenvalue weighted by molar-refractivity contribution is 5.81. The highest BCUT2D eigenvalue weighted by atomic mass is 16.5. The molecule has 0 aliphatic carbocycles. The number of nitrogens with two attached hydrogens (primary N) is 1. The Balaban J connectivity index is 2.68. The number of hydrogen-bond donors (Lipinski definition) is 2. The van der Waals surface area contributed by atoms with Crippen LogP contribution in [0.25, 0.3) is 0 Å². The molecule has 1 aromatic carbocycles. The second-order valence-electron chi connectivity index (χ2n) is 2.47. The molecule has 14 heavy (non-hydrogen) atoms. The van der Waals surface area contributed by atoms with Crippen LogP contribution in [0.15, 0.2) is 24.3 Å². The number of carbonyl (C=O) groups is 2. The monoisotopic (exact) mass is 194 g/mol. The van der Waals surface area contributed by atoms with Crippen LogP contribution < -0.4 is 10.5 Å². The number of carboxylic acids is 1. The van der Waals surface area contributed by atoms with Gasteiger partial charge < -0.3 is 15.6 Å². The lowest BCUT2D eigenvalue weighted by Crippen LogP contribution is -2.16. The first-order chi connectivity index (χ1) is 6.58. The Labute approximate surface area is 80.1 Å². The van der Waals surface area contributed by atoms with Gasteiger partial charge in [0.25, 0.3) is 0 Å². The number of ether oxygens (including phenoxy) is 1. The predicted molar refractivity (Wildman–Crippen MR) is 47.7 cm³/mol. The second kappa shape index (κ2) is 4.27. The molecule has 0 aliphatic rings. The molecule has 0 spiro atoms. The maximum absolute atomic E-state index is 10.3. The summed E-state index contributed by atoms with van der Waals surface area (Å²) < 4.78 is 4.55. The fraction of sp³-hybridized carbons (Fsp3) is 0. The van der Waals surface area contributed by atoms with E-state index in [1.807, 2.05) is 0 Å². The normalized spacial score (nSPS) is 9.43. The van der Waals surface area contributed by atoms with E-state index in [0.717, 1.165) is 6.42 Å². The summed E-state index contributed by atoms with van der Waals surface area (Å²) in [5.74, 6) is -0.756. The van der Waals surface area contributed by atoms with Gasteiger partial charge in [-0.3, -0.25) is 4.79 Å². The molecule has 0 heterocycles. The highest BCUT2D eigenvalue weighted by Gasteiger charge is 2.02. The van der Waals surface area contributed by atoms with Crippen LogP contribution in [0.5, 0.6) is 5.75 Å². The standard InChI is InChI=1S/C9H8NO4/c10-9(13)14-7-3-1-6(2-4-7)5-8(11)12/h1-5H,(H2,10,13)(H,11,12). The van der Waals surface area contributed by atoms with Crippen molar-refractivity contribution < 1.29 is 19.4 Å². The largest absolute Gasteiger partial charge is 0.481 e. The Kier molecular flexibility index (Phi) is 3.06. The quantitative estimate of drug-likeness (QED) is 0.743. The van der Waals surface area contributed by atoms with Crippen molar-refractivity contribution in [1.82, 2.24) is 0 Å². The Morgan fingerprint density at radius 2 is 1.86 bits per heavy atom. The van der Waals surface area contributed by atoms with Crippen LogP contribution >= 0.6 is 0 Å². The number of rotatable bonds is 3. The third-order valence-corrected chi connectivity index (χ3v) is 1.39. The molecule has 0 saturated carbocycles. The van der Waals surface area contributed by atoms with E-state index in [1.54, 1.807) is 0 Å². The molecule has 0 fully saturated rings. The molecular formula is C9H8NO4. The van der Waals surface area contributed by atoms with Gasteiger partial charge in [-0.05, 0) is 17.7 Å². The van der Waals surface area contributed by atoms with Crippen molar-refractivity contribution in [1.29, 1.82) is 0 Å². The van der Waals surface area contributed by atoms with Crippen LogP contribution in [-0.2, 0) is 4.79 Å². The van der Waals surface area contributed by atoms with Crippen molar-refractivity contribution >= 4 is 12.1 Å². The maximum atomic E-state index is 10.3. The first-order valence-electron chi connectivity index (χ1n) is 3.73. The van der Waals surface area contributed by atoms with Crippen molar-refractivity contribution in [3.05, 3.63) is 36.2 Å². The Bertz CT molecular complexity index is 309. The Morgan fingerprint density at radius 3 is 2.29 bits per heavy atom. The molecule has 73 valence electrons. The number of amides is 1. The van der Waals surface area contributed by atoms with Gasteiger partial charge in [0, 0.05) is 0 Å². The van der Waals surface area contributed by atoms with Gasteiger partial charge in [0.05, 0.1) is 6.42 Å². The fourth-order valence-corrected chi connectivity index (χ4v) is 0.891. The fourth-order valence-electron chi connectivity index (χ4n) is 0.891. The van der Waals surface area contributed by atoms with Gasteiger partial charge in [-0.25, -0.2) is 4.79 Å². The minimum Gasteiger partial charge on any atom is -0.481 e. The number of hydrogen-bond acceptors (Lipinski definition) is 3. The van der Waals surface area contributed by atoms with E-state index in [2.05, 4.69) is 4.74 Å². The van der Waals surface area contributed by atoms with E-state index in [0.29, 0.717) is 5.56 Å². The lowest BCUT2D eigenvalue weighted by atomic mass is 10.1. The summed E-state index contributed by atoms with van der Waals surface area (Å²) in [5, 5.41) is 8.42. The summed E-state index contributed by atoms with van der Waals surface area (Å²) in [6.45, 7) is 0. The molecule has 0 aromatic heterocycles. The van der Waals surface area contributed by atoms with Crippen LogP contribution in [-0.4, -0.2) is 17.2 Å². The van der Waals surface area contributed by atoms with Gasteiger partial charge in [-0.15, -0.1) is 0 Å². The van der Waals surface area contributed by atoms with Gasteiger partial charge in [0.2, 0.25) is 0 Å². The van der Waals surface area contributed by atoms with Gasteiger partial charge in [0.15, 0.2) is 0 Å². The van der Waals surface area contributed by atoms with E-state index in [-0.39, 0.29) is 5.75 Å². The summed E-state index contributed by atoms with van der Waals surface area (Å²) in [4.78, 5) is 20.6. The van der Waals surface area contributed by atoms with E-state index < -0.39 is 12.1 Å². The van der Waals surface area contributed by atoms with Crippen LogP contribution in [0.4, 0.5) is 4.79 Å². The van der Waals surface area contributed by atoms with E-state index >= 15 is 0 Å². The molecule has 1 amide bonds. The van der Waals surface area contributed by atoms with Gasteiger partial charge in [-0.1, -0.05) is 12.1 Å².